The number of rotatable bonds is 6. The predicted octanol–water partition coefficient (Wildman–Crippen LogP) is 2.37. The van der Waals surface area contributed by atoms with Gasteiger partial charge in [-0.2, -0.15) is 0 Å². The van der Waals surface area contributed by atoms with Crippen LogP contribution in [0.15, 0.2) is 24.3 Å². The van der Waals surface area contributed by atoms with Crippen molar-refractivity contribution < 1.29 is 14.6 Å². The zero-order valence-corrected chi connectivity index (χ0v) is 12.0. The van der Waals surface area contributed by atoms with Gasteiger partial charge in [0.05, 0.1) is 12.7 Å². The molecule has 1 aromatic rings. The zero-order chi connectivity index (χ0) is 14.4. The Morgan fingerprint density at radius 3 is 3.00 bits per heavy atom. The summed E-state index contributed by atoms with van der Waals surface area (Å²) in [5.41, 5.74) is 0.603. The highest BCUT2D eigenvalue weighted by molar-refractivity contribution is 5.94. The van der Waals surface area contributed by atoms with Gasteiger partial charge < -0.3 is 15.2 Å². The molecule has 2 unspecified atom stereocenters. The molecule has 110 valence electrons. The Labute approximate surface area is 120 Å². The number of benzene rings is 1. The van der Waals surface area contributed by atoms with Crippen molar-refractivity contribution in [2.45, 2.75) is 38.7 Å². The molecule has 0 aromatic heterocycles. The van der Waals surface area contributed by atoms with Gasteiger partial charge in [0.25, 0.3) is 5.91 Å². The van der Waals surface area contributed by atoms with Gasteiger partial charge in [0.1, 0.15) is 5.75 Å². The number of hydrogen-bond donors (Lipinski definition) is 2. The summed E-state index contributed by atoms with van der Waals surface area (Å²) in [7, 11) is 0. The molecule has 2 rings (SSSR count). The van der Waals surface area contributed by atoms with Gasteiger partial charge >= 0.3 is 0 Å². The van der Waals surface area contributed by atoms with Crippen molar-refractivity contribution in [3.8, 4) is 5.75 Å². The van der Waals surface area contributed by atoms with Crippen LogP contribution in [0.4, 0.5) is 0 Å². The summed E-state index contributed by atoms with van der Waals surface area (Å²) in [6, 6.07) is 7.22. The molecule has 0 radical (unpaired) electrons. The average molecular weight is 277 g/mol. The van der Waals surface area contributed by atoms with Crippen LogP contribution in [0.3, 0.4) is 0 Å². The molecule has 1 fully saturated rings. The maximum atomic E-state index is 12.1. The smallest absolute Gasteiger partial charge is 0.251 e. The molecule has 4 heteroatoms. The summed E-state index contributed by atoms with van der Waals surface area (Å²) in [5.74, 6) is 0.810. The lowest BCUT2D eigenvalue weighted by Gasteiger charge is -2.15. The predicted molar refractivity (Wildman–Crippen MR) is 77.9 cm³/mol. The Kier molecular flexibility index (Phi) is 5.41. The molecule has 0 heterocycles. The molecule has 1 amide bonds. The second-order valence-corrected chi connectivity index (χ2v) is 5.34. The molecule has 0 bridgehead atoms. The van der Waals surface area contributed by atoms with Crippen molar-refractivity contribution in [3.63, 3.8) is 0 Å². The van der Waals surface area contributed by atoms with Crippen molar-refractivity contribution in [2.24, 2.45) is 5.92 Å². The lowest BCUT2D eigenvalue weighted by atomic mass is 10.1. The van der Waals surface area contributed by atoms with Crippen LogP contribution in [-0.4, -0.2) is 30.3 Å². The molecule has 2 atom stereocenters. The number of amides is 1. The highest BCUT2D eigenvalue weighted by Crippen LogP contribution is 2.24. The number of carbonyl (C=O) groups excluding carboxylic acids is 1. The Morgan fingerprint density at radius 2 is 2.30 bits per heavy atom. The van der Waals surface area contributed by atoms with Gasteiger partial charge in [-0.25, -0.2) is 0 Å². The fourth-order valence-electron chi connectivity index (χ4n) is 2.53. The number of hydrogen-bond acceptors (Lipinski definition) is 3. The minimum Gasteiger partial charge on any atom is -0.494 e. The van der Waals surface area contributed by atoms with Crippen LogP contribution in [0.25, 0.3) is 0 Å². The molecule has 1 aliphatic carbocycles. The molecule has 4 nitrogen and oxygen atoms in total. The van der Waals surface area contributed by atoms with E-state index in [4.69, 9.17) is 4.74 Å². The maximum absolute atomic E-state index is 12.1. The third-order valence-electron chi connectivity index (χ3n) is 3.71. The summed E-state index contributed by atoms with van der Waals surface area (Å²) in [6.07, 6.45) is 3.55. The van der Waals surface area contributed by atoms with Gasteiger partial charge in [0, 0.05) is 18.0 Å². The summed E-state index contributed by atoms with van der Waals surface area (Å²) in [5, 5.41) is 12.6. The number of ether oxygens (including phenoxy) is 1. The summed E-state index contributed by atoms with van der Waals surface area (Å²) < 4.78 is 5.52. The normalized spacial score (nSPS) is 21.7. The van der Waals surface area contributed by atoms with Crippen molar-refractivity contribution in [3.05, 3.63) is 29.8 Å². The van der Waals surface area contributed by atoms with Gasteiger partial charge in [0.15, 0.2) is 0 Å². The second kappa shape index (κ2) is 7.29. The Hall–Kier alpha value is -1.55. The van der Waals surface area contributed by atoms with Crippen LogP contribution < -0.4 is 10.1 Å². The van der Waals surface area contributed by atoms with Gasteiger partial charge in [-0.05, 0) is 37.5 Å². The van der Waals surface area contributed by atoms with E-state index >= 15 is 0 Å². The van der Waals surface area contributed by atoms with Gasteiger partial charge in [-0.15, -0.1) is 0 Å². The van der Waals surface area contributed by atoms with Gasteiger partial charge in [0.2, 0.25) is 0 Å². The third kappa shape index (κ3) is 3.97. The standard InChI is InChI=1S/C16H23NO3/c1-2-9-20-14-7-3-5-12(10-14)16(19)17-11-13-6-4-8-15(13)18/h3,5,7,10,13,15,18H,2,4,6,8-9,11H2,1H3,(H,17,19). The average Bonchev–Trinajstić information content (AvgIpc) is 2.88. The molecular weight excluding hydrogens is 254 g/mol. The second-order valence-electron chi connectivity index (χ2n) is 5.34. The lowest BCUT2D eigenvalue weighted by molar-refractivity contribution is 0.0916. The fourth-order valence-corrected chi connectivity index (χ4v) is 2.53. The Bertz CT molecular complexity index is 447. The largest absolute Gasteiger partial charge is 0.494 e. The zero-order valence-electron chi connectivity index (χ0n) is 12.0. The van der Waals surface area contributed by atoms with Gasteiger partial charge in [-0.1, -0.05) is 19.4 Å². The maximum Gasteiger partial charge on any atom is 0.251 e. The van der Waals surface area contributed by atoms with E-state index in [1.165, 1.54) is 0 Å². The van der Waals surface area contributed by atoms with Crippen molar-refractivity contribution in [1.29, 1.82) is 0 Å². The molecule has 20 heavy (non-hydrogen) atoms. The minimum absolute atomic E-state index is 0.106. The van der Waals surface area contributed by atoms with Crippen LogP contribution in [-0.2, 0) is 0 Å². The molecular formula is C16H23NO3. The first-order valence-electron chi connectivity index (χ1n) is 7.40. The molecule has 0 spiro atoms. The summed E-state index contributed by atoms with van der Waals surface area (Å²) in [4.78, 5) is 12.1. The number of nitrogens with one attached hydrogen (secondary N) is 1. The van der Waals surface area contributed by atoms with E-state index in [9.17, 15) is 9.90 Å². The van der Waals surface area contributed by atoms with Crippen LogP contribution >= 0.6 is 0 Å². The fraction of sp³-hybridized carbons (Fsp3) is 0.562. The first-order chi connectivity index (χ1) is 9.70. The Morgan fingerprint density at radius 1 is 1.45 bits per heavy atom. The molecule has 0 aliphatic heterocycles. The van der Waals surface area contributed by atoms with E-state index in [0.717, 1.165) is 31.4 Å². The molecule has 2 N–H and O–H groups in total. The third-order valence-corrected chi connectivity index (χ3v) is 3.71. The van der Waals surface area contributed by atoms with E-state index in [1.807, 2.05) is 19.1 Å². The van der Waals surface area contributed by atoms with E-state index < -0.39 is 0 Å². The number of aliphatic hydroxyl groups is 1. The number of carbonyl (C=O) groups is 1. The SMILES string of the molecule is CCCOc1cccc(C(=O)NCC2CCCC2O)c1. The highest BCUT2D eigenvalue weighted by atomic mass is 16.5. The van der Waals surface area contributed by atoms with Crippen LogP contribution in [0.5, 0.6) is 5.75 Å². The van der Waals surface area contributed by atoms with Gasteiger partial charge in [-0.3, -0.25) is 4.79 Å². The Balaban J connectivity index is 1.88. The first kappa shape index (κ1) is 14.9. The van der Waals surface area contributed by atoms with E-state index in [2.05, 4.69) is 5.32 Å². The molecule has 1 aromatic carbocycles. The molecule has 1 aliphatic rings. The number of aliphatic hydroxyl groups excluding tert-OH is 1. The summed E-state index contributed by atoms with van der Waals surface area (Å²) >= 11 is 0. The monoisotopic (exact) mass is 277 g/mol. The van der Waals surface area contributed by atoms with E-state index in [1.54, 1.807) is 12.1 Å². The first-order valence-corrected chi connectivity index (χ1v) is 7.40. The van der Waals surface area contributed by atoms with Crippen molar-refractivity contribution in [2.75, 3.05) is 13.2 Å². The van der Waals surface area contributed by atoms with Crippen LogP contribution in [0.1, 0.15) is 43.0 Å². The van der Waals surface area contributed by atoms with E-state index in [-0.39, 0.29) is 17.9 Å². The molecule has 0 saturated heterocycles. The minimum atomic E-state index is -0.269. The molecule has 1 saturated carbocycles. The topological polar surface area (TPSA) is 58.6 Å². The van der Waals surface area contributed by atoms with E-state index in [0.29, 0.717) is 18.7 Å². The lowest BCUT2D eigenvalue weighted by Crippen LogP contribution is -2.32. The summed E-state index contributed by atoms with van der Waals surface area (Å²) in [6.45, 7) is 3.24. The van der Waals surface area contributed by atoms with Crippen molar-refractivity contribution in [1.82, 2.24) is 5.32 Å². The van der Waals surface area contributed by atoms with Crippen molar-refractivity contribution >= 4 is 5.91 Å². The van der Waals surface area contributed by atoms with Crippen LogP contribution in [0, 0.1) is 5.92 Å². The highest BCUT2D eigenvalue weighted by Gasteiger charge is 2.25. The quantitative estimate of drug-likeness (QED) is 0.839. The van der Waals surface area contributed by atoms with Crippen LogP contribution in [0.2, 0.25) is 0 Å².